The highest BCUT2D eigenvalue weighted by Crippen LogP contribution is 2.29. The molecule has 1 rings (SSSR count). The number of rotatable bonds is 8. The Morgan fingerprint density at radius 2 is 2.05 bits per heavy atom. The molecule has 0 heterocycles. The lowest BCUT2D eigenvalue weighted by Crippen LogP contribution is -2.41. The van der Waals surface area contributed by atoms with Crippen LogP contribution in [0, 0.1) is 17.2 Å². The number of ether oxygens (including phenoxy) is 1. The average Bonchev–Trinajstić information content (AvgIpc) is 2.48. The zero-order valence-electron chi connectivity index (χ0n) is 12.9. The molecule has 1 aliphatic carbocycles. The van der Waals surface area contributed by atoms with Gasteiger partial charge in [-0.1, -0.05) is 33.1 Å². The van der Waals surface area contributed by atoms with Crippen LogP contribution in [0.2, 0.25) is 0 Å². The fourth-order valence-corrected chi connectivity index (χ4v) is 3.14. The summed E-state index contributed by atoms with van der Waals surface area (Å²) in [6, 6.07) is 2.41. The zero-order valence-corrected chi connectivity index (χ0v) is 12.9. The van der Waals surface area contributed by atoms with Crippen LogP contribution in [-0.2, 0) is 4.74 Å². The lowest BCUT2D eigenvalue weighted by Gasteiger charge is -2.31. The first-order valence-electron chi connectivity index (χ1n) is 7.93. The first-order chi connectivity index (χ1) is 9.21. The minimum absolute atomic E-state index is 0.361. The van der Waals surface area contributed by atoms with E-state index in [9.17, 15) is 5.26 Å². The van der Waals surface area contributed by atoms with E-state index in [0.717, 1.165) is 31.8 Å². The first kappa shape index (κ1) is 16.5. The molecular formula is C16H30N2O. The van der Waals surface area contributed by atoms with Gasteiger partial charge >= 0.3 is 0 Å². The van der Waals surface area contributed by atoms with Gasteiger partial charge in [0.15, 0.2) is 0 Å². The van der Waals surface area contributed by atoms with Crippen molar-refractivity contribution < 1.29 is 4.74 Å². The summed E-state index contributed by atoms with van der Waals surface area (Å²) >= 11 is 0. The molecule has 19 heavy (non-hydrogen) atoms. The molecule has 0 spiro atoms. The smallest absolute Gasteiger partial charge is 0.106 e. The highest BCUT2D eigenvalue weighted by Gasteiger charge is 2.26. The van der Waals surface area contributed by atoms with Gasteiger partial charge in [-0.3, -0.25) is 0 Å². The van der Waals surface area contributed by atoms with E-state index in [4.69, 9.17) is 4.74 Å². The summed E-state index contributed by atoms with van der Waals surface area (Å²) in [5.74, 6) is 0.755. The maximum atomic E-state index is 9.25. The molecule has 0 radical (unpaired) electrons. The van der Waals surface area contributed by atoms with E-state index in [2.05, 4.69) is 25.2 Å². The predicted molar refractivity (Wildman–Crippen MR) is 78.9 cm³/mol. The normalized spacial score (nSPS) is 26.6. The molecule has 0 amide bonds. The second-order valence-corrected chi connectivity index (χ2v) is 5.76. The number of nitrogens with one attached hydrogen (secondary N) is 1. The Labute approximate surface area is 118 Å². The largest absolute Gasteiger partial charge is 0.378 e. The summed E-state index contributed by atoms with van der Waals surface area (Å²) in [5.41, 5.74) is -0.361. The van der Waals surface area contributed by atoms with Crippen LogP contribution in [0.1, 0.15) is 65.2 Å². The Morgan fingerprint density at radius 1 is 1.32 bits per heavy atom. The fourth-order valence-electron chi connectivity index (χ4n) is 3.14. The molecule has 1 saturated carbocycles. The molecule has 1 aliphatic rings. The highest BCUT2D eigenvalue weighted by atomic mass is 16.5. The van der Waals surface area contributed by atoms with Crippen molar-refractivity contribution in [2.45, 2.75) is 76.9 Å². The molecule has 1 fully saturated rings. The molecule has 0 aromatic rings. The van der Waals surface area contributed by atoms with Crippen LogP contribution in [0.15, 0.2) is 0 Å². The molecule has 110 valence electrons. The molecule has 0 aliphatic heterocycles. The second kappa shape index (κ2) is 8.55. The minimum atomic E-state index is -0.361. The van der Waals surface area contributed by atoms with Gasteiger partial charge in [0.05, 0.1) is 12.2 Å². The zero-order chi connectivity index (χ0) is 14.1. The lowest BCUT2D eigenvalue weighted by molar-refractivity contribution is -0.0146. The van der Waals surface area contributed by atoms with E-state index >= 15 is 0 Å². The molecule has 1 N–H and O–H groups in total. The summed E-state index contributed by atoms with van der Waals surface area (Å²) in [5, 5.41) is 12.4. The van der Waals surface area contributed by atoms with E-state index in [1.807, 2.05) is 7.05 Å². The quantitative estimate of drug-likeness (QED) is 0.682. The topological polar surface area (TPSA) is 45.0 Å². The third-order valence-corrected chi connectivity index (χ3v) is 4.74. The number of nitriles is 1. The van der Waals surface area contributed by atoms with Crippen LogP contribution in [0.25, 0.3) is 0 Å². The SMILES string of the molecule is CCC1CCCCC1OCCCC(C#N)(CC)NC. The minimum Gasteiger partial charge on any atom is -0.378 e. The van der Waals surface area contributed by atoms with E-state index in [0.29, 0.717) is 6.10 Å². The molecule has 0 aromatic heterocycles. The first-order valence-corrected chi connectivity index (χ1v) is 7.93. The Kier molecular flexibility index (Phi) is 7.41. The van der Waals surface area contributed by atoms with Crippen molar-refractivity contribution in [3.05, 3.63) is 0 Å². The van der Waals surface area contributed by atoms with Crippen LogP contribution >= 0.6 is 0 Å². The van der Waals surface area contributed by atoms with Crippen molar-refractivity contribution in [3.63, 3.8) is 0 Å². The third-order valence-electron chi connectivity index (χ3n) is 4.74. The van der Waals surface area contributed by atoms with Gasteiger partial charge in [-0.05, 0) is 45.1 Å². The molecule has 3 unspecified atom stereocenters. The van der Waals surface area contributed by atoms with Crippen molar-refractivity contribution in [1.29, 1.82) is 5.26 Å². The van der Waals surface area contributed by atoms with Gasteiger partial charge in [-0.25, -0.2) is 0 Å². The predicted octanol–water partition coefficient (Wildman–Crippen LogP) is 3.64. The molecule has 3 nitrogen and oxygen atoms in total. The monoisotopic (exact) mass is 266 g/mol. The number of nitrogens with zero attached hydrogens (tertiary/aromatic N) is 1. The van der Waals surface area contributed by atoms with Gasteiger partial charge in [-0.2, -0.15) is 5.26 Å². The van der Waals surface area contributed by atoms with E-state index in [1.54, 1.807) is 0 Å². The molecule has 0 bridgehead atoms. The summed E-state index contributed by atoms with van der Waals surface area (Å²) in [4.78, 5) is 0. The third kappa shape index (κ3) is 4.78. The van der Waals surface area contributed by atoms with Gasteiger partial charge in [0, 0.05) is 6.61 Å². The van der Waals surface area contributed by atoms with Crippen LogP contribution < -0.4 is 5.32 Å². The van der Waals surface area contributed by atoms with E-state index in [1.165, 1.54) is 32.1 Å². The molecule has 3 atom stereocenters. The molecule has 3 heteroatoms. The Hall–Kier alpha value is -0.590. The van der Waals surface area contributed by atoms with Crippen LogP contribution in [-0.4, -0.2) is 25.3 Å². The highest BCUT2D eigenvalue weighted by molar-refractivity contribution is 5.05. The van der Waals surface area contributed by atoms with Gasteiger partial charge < -0.3 is 10.1 Å². The van der Waals surface area contributed by atoms with Crippen LogP contribution in [0.4, 0.5) is 0 Å². The standard InChI is InChI=1S/C16H30N2O/c1-4-14-9-6-7-10-15(14)19-12-8-11-16(5-2,13-17)18-3/h14-15,18H,4-12H2,1-3H3. The van der Waals surface area contributed by atoms with Crippen molar-refractivity contribution in [2.24, 2.45) is 5.92 Å². The van der Waals surface area contributed by atoms with E-state index in [-0.39, 0.29) is 5.54 Å². The van der Waals surface area contributed by atoms with Crippen molar-refractivity contribution in [2.75, 3.05) is 13.7 Å². The fraction of sp³-hybridized carbons (Fsp3) is 0.938. The Balaban J connectivity index is 2.28. The van der Waals surface area contributed by atoms with Crippen LogP contribution in [0.5, 0.6) is 0 Å². The van der Waals surface area contributed by atoms with Crippen molar-refractivity contribution >= 4 is 0 Å². The summed E-state index contributed by atoms with van der Waals surface area (Å²) in [6.07, 6.45) is 9.62. The molecule has 0 saturated heterocycles. The van der Waals surface area contributed by atoms with Gasteiger partial charge in [0.1, 0.15) is 5.54 Å². The summed E-state index contributed by atoms with van der Waals surface area (Å²) in [6.45, 7) is 5.13. The van der Waals surface area contributed by atoms with E-state index < -0.39 is 0 Å². The maximum absolute atomic E-state index is 9.25. The summed E-state index contributed by atoms with van der Waals surface area (Å²) in [7, 11) is 1.88. The lowest BCUT2D eigenvalue weighted by atomic mass is 9.85. The average molecular weight is 266 g/mol. The number of hydrogen-bond acceptors (Lipinski definition) is 3. The van der Waals surface area contributed by atoms with Gasteiger partial charge in [0.25, 0.3) is 0 Å². The van der Waals surface area contributed by atoms with Gasteiger partial charge in [0.2, 0.25) is 0 Å². The maximum Gasteiger partial charge on any atom is 0.106 e. The van der Waals surface area contributed by atoms with Crippen molar-refractivity contribution in [3.8, 4) is 6.07 Å². The van der Waals surface area contributed by atoms with Crippen LogP contribution in [0.3, 0.4) is 0 Å². The summed E-state index contributed by atoms with van der Waals surface area (Å²) < 4.78 is 6.08. The second-order valence-electron chi connectivity index (χ2n) is 5.76. The van der Waals surface area contributed by atoms with Crippen molar-refractivity contribution in [1.82, 2.24) is 5.32 Å². The Bertz CT molecular complexity index is 281. The molecule has 0 aromatic carbocycles. The molecular weight excluding hydrogens is 236 g/mol. The Morgan fingerprint density at radius 3 is 2.63 bits per heavy atom. The van der Waals surface area contributed by atoms with Gasteiger partial charge in [-0.15, -0.1) is 0 Å². The number of hydrogen-bond donors (Lipinski definition) is 1.